The lowest BCUT2D eigenvalue weighted by molar-refractivity contribution is -0.134. The third-order valence-corrected chi connectivity index (χ3v) is 7.33. The Morgan fingerprint density at radius 1 is 1.10 bits per heavy atom. The molecule has 1 aromatic heterocycles. The summed E-state index contributed by atoms with van der Waals surface area (Å²) in [5, 5.41) is 1.34. The van der Waals surface area contributed by atoms with Gasteiger partial charge >= 0.3 is 0 Å². The maximum absolute atomic E-state index is 12.4. The molecule has 2 aromatic rings. The zero-order valence-electron chi connectivity index (χ0n) is 17.0. The van der Waals surface area contributed by atoms with Crippen LogP contribution in [-0.4, -0.2) is 34.8 Å². The second kappa shape index (κ2) is 9.47. The van der Waals surface area contributed by atoms with Crippen molar-refractivity contribution in [2.45, 2.75) is 44.4 Å². The Morgan fingerprint density at radius 2 is 1.81 bits per heavy atom. The molecule has 1 saturated heterocycles. The topological polar surface area (TPSA) is 76.3 Å². The van der Waals surface area contributed by atoms with Crippen LogP contribution < -0.4 is 5.73 Å². The van der Waals surface area contributed by atoms with E-state index in [1.807, 2.05) is 23.2 Å². The highest BCUT2D eigenvalue weighted by atomic mass is 79.9. The molecule has 2 heterocycles. The summed E-state index contributed by atoms with van der Waals surface area (Å²) in [6.45, 7) is 1.32. The van der Waals surface area contributed by atoms with Gasteiger partial charge in [-0.3, -0.25) is 14.6 Å². The summed E-state index contributed by atoms with van der Waals surface area (Å²) in [5.41, 5.74) is 9.79. The lowest BCUT2D eigenvalue weighted by atomic mass is 9.76. The van der Waals surface area contributed by atoms with Gasteiger partial charge in [-0.25, -0.2) is 0 Å². The molecule has 8 heteroatoms. The summed E-state index contributed by atoms with van der Waals surface area (Å²) in [6, 6.07) is 6.00. The molecule has 1 aliphatic carbocycles. The van der Waals surface area contributed by atoms with Crippen molar-refractivity contribution in [2.75, 3.05) is 13.1 Å². The summed E-state index contributed by atoms with van der Waals surface area (Å²) in [6.07, 6.45) is 5.56. The van der Waals surface area contributed by atoms with Gasteiger partial charge in [0.2, 0.25) is 11.8 Å². The van der Waals surface area contributed by atoms with Crippen LogP contribution in [-0.2, 0) is 22.4 Å². The molecule has 31 heavy (non-hydrogen) atoms. The van der Waals surface area contributed by atoms with Crippen LogP contribution in [0, 0.1) is 5.92 Å². The predicted octanol–water partition coefficient (Wildman–Crippen LogP) is 4.89. The van der Waals surface area contributed by atoms with Crippen molar-refractivity contribution in [3.63, 3.8) is 0 Å². The molecule has 164 valence electrons. The first-order valence-corrected chi connectivity index (χ1v) is 12.1. The van der Waals surface area contributed by atoms with E-state index in [4.69, 9.17) is 33.9 Å². The summed E-state index contributed by atoms with van der Waals surface area (Å²) in [4.78, 5) is 30.1. The molecule has 2 aliphatic rings. The fourth-order valence-electron chi connectivity index (χ4n) is 4.90. The molecule has 1 atom stereocenters. The minimum atomic E-state index is -0.444. The number of likely N-dealkylation sites (tertiary alicyclic amines) is 1. The summed E-state index contributed by atoms with van der Waals surface area (Å²) in [5.74, 6) is -0.0809. The zero-order chi connectivity index (χ0) is 22.1. The Bertz CT molecular complexity index is 1020. The molecule has 1 fully saturated rings. The smallest absolute Gasteiger partial charge is 0.223 e. The van der Waals surface area contributed by atoms with Crippen molar-refractivity contribution in [1.82, 2.24) is 9.88 Å². The minimum Gasteiger partial charge on any atom is -0.370 e. The number of piperidine rings is 1. The third-order valence-electron chi connectivity index (χ3n) is 6.37. The molecule has 4 rings (SSSR count). The van der Waals surface area contributed by atoms with E-state index in [-0.39, 0.29) is 24.7 Å². The monoisotopic (exact) mass is 523 g/mol. The van der Waals surface area contributed by atoms with Crippen LogP contribution in [0.1, 0.15) is 54.0 Å². The van der Waals surface area contributed by atoms with Crippen molar-refractivity contribution in [3.05, 3.63) is 61.3 Å². The Balaban J connectivity index is 1.64. The van der Waals surface area contributed by atoms with Crippen molar-refractivity contribution < 1.29 is 9.59 Å². The highest BCUT2D eigenvalue weighted by molar-refractivity contribution is 9.10. The van der Waals surface area contributed by atoms with Crippen LogP contribution >= 0.6 is 39.1 Å². The molecule has 1 aromatic carbocycles. The molecular formula is C23H24BrCl2N3O2. The van der Waals surface area contributed by atoms with E-state index >= 15 is 0 Å². The Hall–Kier alpha value is -1.63. The largest absolute Gasteiger partial charge is 0.370 e. The molecule has 1 unspecified atom stereocenters. The van der Waals surface area contributed by atoms with Crippen molar-refractivity contribution in [3.8, 4) is 0 Å². The Labute approximate surface area is 200 Å². The van der Waals surface area contributed by atoms with Gasteiger partial charge in [0.1, 0.15) is 0 Å². The quantitative estimate of drug-likeness (QED) is 0.618. The van der Waals surface area contributed by atoms with Gasteiger partial charge in [0, 0.05) is 52.6 Å². The number of rotatable bonds is 4. The third kappa shape index (κ3) is 4.91. The van der Waals surface area contributed by atoms with Crippen LogP contribution in [0.3, 0.4) is 0 Å². The SMILES string of the molecule is NC(=O)CCC(=O)N1CCC(C2c3ncc(Br)cc3CCc3cc(Cl)cc(Cl)c32)CC1. The highest BCUT2D eigenvalue weighted by Gasteiger charge is 2.36. The number of hydrogen-bond donors (Lipinski definition) is 1. The van der Waals surface area contributed by atoms with Crippen molar-refractivity contribution in [1.29, 1.82) is 0 Å². The lowest BCUT2D eigenvalue weighted by Crippen LogP contribution is -2.40. The molecule has 1 aliphatic heterocycles. The first-order valence-electron chi connectivity index (χ1n) is 10.5. The van der Waals surface area contributed by atoms with Gasteiger partial charge in [0.05, 0.1) is 5.69 Å². The summed E-state index contributed by atoms with van der Waals surface area (Å²) >= 11 is 16.6. The molecule has 5 nitrogen and oxygen atoms in total. The van der Waals surface area contributed by atoms with Crippen LogP contribution in [0.4, 0.5) is 0 Å². The van der Waals surface area contributed by atoms with E-state index in [2.05, 4.69) is 22.0 Å². The number of fused-ring (bicyclic) bond motifs is 2. The minimum absolute atomic E-state index is 0.00853. The maximum Gasteiger partial charge on any atom is 0.223 e. The zero-order valence-corrected chi connectivity index (χ0v) is 20.1. The molecule has 0 saturated carbocycles. The second-order valence-electron chi connectivity index (χ2n) is 8.32. The van der Waals surface area contributed by atoms with E-state index < -0.39 is 5.91 Å². The average Bonchev–Trinajstić information content (AvgIpc) is 2.89. The van der Waals surface area contributed by atoms with Gasteiger partial charge in [-0.2, -0.15) is 0 Å². The number of pyridine rings is 1. The van der Waals surface area contributed by atoms with Crippen LogP contribution in [0.2, 0.25) is 10.0 Å². The number of primary amides is 1. The number of carbonyl (C=O) groups excluding carboxylic acids is 2. The maximum atomic E-state index is 12.4. The van der Waals surface area contributed by atoms with Gasteiger partial charge in [-0.05, 0) is 82.4 Å². The molecule has 0 radical (unpaired) electrons. The molecule has 0 bridgehead atoms. The van der Waals surface area contributed by atoms with E-state index in [1.165, 1.54) is 11.1 Å². The first kappa shape index (κ1) is 22.6. The number of halogens is 3. The fourth-order valence-corrected chi connectivity index (χ4v) is 5.93. The molecule has 2 N–H and O–H groups in total. The van der Waals surface area contributed by atoms with E-state index in [9.17, 15) is 9.59 Å². The normalized spacial score (nSPS) is 18.8. The summed E-state index contributed by atoms with van der Waals surface area (Å²) < 4.78 is 0.968. The van der Waals surface area contributed by atoms with Gasteiger partial charge in [-0.1, -0.05) is 23.2 Å². The van der Waals surface area contributed by atoms with Crippen molar-refractivity contribution >= 4 is 50.9 Å². The number of benzene rings is 1. The van der Waals surface area contributed by atoms with Gasteiger partial charge in [0.15, 0.2) is 0 Å². The lowest BCUT2D eigenvalue weighted by Gasteiger charge is -2.37. The van der Waals surface area contributed by atoms with Gasteiger partial charge in [0.25, 0.3) is 0 Å². The standard InChI is InChI=1S/C23H24BrCl2N3O2/c24-16-9-15-2-1-14-10-17(25)11-18(26)21(14)22(23(15)28-12-16)13-5-7-29(8-6-13)20(31)4-3-19(27)30/h9-13,22H,1-8H2,(H2,27,30). The summed E-state index contributed by atoms with van der Waals surface area (Å²) in [7, 11) is 0. The second-order valence-corrected chi connectivity index (χ2v) is 10.1. The highest BCUT2D eigenvalue weighted by Crippen LogP contribution is 2.46. The number of aryl methyl sites for hydroxylation is 2. The molecule has 2 amide bonds. The number of amides is 2. The Morgan fingerprint density at radius 3 is 2.52 bits per heavy atom. The number of hydrogen-bond acceptors (Lipinski definition) is 3. The number of nitrogens with two attached hydrogens (primary N) is 1. The van der Waals surface area contributed by atoms with Gasteiger partial charge < -0.3 is 10.6 Å². The van der Waals surface area contributed by atoms with E-state index in [1.54, 1.807) is 0 Å². The van der Waals surface area contributed by atoms with Gasteiger partial charge in [-0.15, -0.1) is 0 Å². The Kier molecular flexibility index (Phi) is 6.89. The fraction of sp³-hybridized carbons (Fsp3) is 0.435. The predicted molar refractivity (Wildman–Crippen MR) is 125 cm³/mol. The number of nitrogens with zero attached hydrogens (tertiary/aromatic N) is 2. The van der Waals surface area contributed by atoms with Crippen LogP contribution in [0.5, 0.6) is 0 Å². The van der Waals surface area contributed by atoms with Crippen LogP contribution in [0.15, 0.2) is 28.9 Å². The number of aromatic nitrogens is 1. The van der Waals surface area contributed by atoms with Crippen LogP contribution in [0.25, 0.3) is 0 Å². The van der Waals surface area contributed by atoms with E-state index in [0.717, 1.165) is 41.4 Å². The number of carbonyl (C=O) groups is 2. The average molecular weight is 525 g/mol. The molecule has 0 spiro atoms. The van der Waals surface area contributed by atoms with E-state index in [0.29, 0.717) is 29.1 Å². The first-order chi connectivity index (χ1) is 14.8. The molecular weight excluding hydrogens is 501 g/mol. The van der Waals surface area contributed by atoms with Crippen molar-refractivity contribution in [2.24, 2.45) is 11.7 Å².